The molecule has 0 aromatic heterocycles. The highest BCUT2D eigenvalue weighted by atomic mass is 19.4. The summed E-state index contributed by atoms with van der Waals surface area (Å²) in [5.41, 5.74) is 3.68. The van der Waals surface area contributed by atoms with E-state index in [1.165, 1.54) is 18.2 Å². The maximum Gasteiger partial charge on any atom is 0.399 e. The van der Waals surface area contributed by atoms with Gasteiger partial charge in [-0.05, 0) is 33.9 Å². The van der Waals surface area contributed by atoms with Gasteiger partial charge in [-0.15, -0.1) is 0 Å². The molecule has 0 bridgehead atoms. The first-order valence-electron chi connectivity index (χ1n) is 11.4. The van der Waals surface area contributed by atoms with E-state index in [0.29, 0.717) is 17.0 Å². The van der Waals surface area contributed by atoms with Crippen LogP contribution in [0.4, 0.5) is 13.2 Å². The molecular formula is C29H25F3N2O2. The van der Waals surface area contributed by atoms with Crippen molar-refractivity contribution in [3.8, 4) is 0 Å². The number of allylic oxidation sites excluding steroid dienone is 1. The molecule has 1 heterocycles. The molecule has 0 spiro atoms. The van der Waals surface area contributed by atoms with Crippen molar-refractivity contribution in [1.82, 2.24) is 5.32 Å². The molecule has 0 aliphatic carbocycles. The number of aliphatic hydroxyl groups is 1. The van der Waals surface area contributed by atoms with Gasteiger partial charge in [0, 0.05) is 11.1 Å². The molecule has 1 aliphatic rings. The maximum absolute atomic E-state index is 13.9. The number of amidine groups is 1. The number of carbonyl (C=O) groups is 1. The van der Waals surface area contributed by atoms with Crippen LogP contribution in [0.2, 0.25) is 0 Å². The molecule has 7 heteroatoms. The standard InChI is InChI=1S/C29H25F3N2O2/c1-19(21-8-3-2-4-9-21)22-10-6-12-24(14-22)28-33-16-25(27(36)17-34-28)15-26(29(30,31)32)23-11-5-7-20(13-23)18-35/h2-15,26,35H,1,16-18H2,(H,33,34)/b25-15-. The second-order valence-electron chi connectivity index (χ2n) is 8.48. The molecule has 0 saturated carbocycles. The van der Waals surface area contributed by atoms with Gasteiger partial charge in [0.15, 0.2) is 5.78 Å². The molecule has 3 aromatic carbocycles. The molecule has 0 saturated heterocycles. The summed E-state index contributed by atoms with van der Waals surface area (Å²) >= 11 is 0. The van der Waals surface area contributed by atoms with Gasteiger partial charge < -0.3 is 10.4 Å². The number of benzene rings is 3. The fourth-order valence-electron chi connectivity index (χ4n) is 4.05. The van der Waals surface area contributed by atoms with Gasteiger partial charge in [-0.3, -0.25) is 9.79 Å². The van der Waals surface area contributed by atoms with Gasteiger partial charge in [0.05, 0.1) is 25.6 Å². The highest BCUT2D eigenvalue weighted by Gasteiger charge is 2.40. The monoisotopic (exact) mass is 490 g/mol. The Bertz CT molecular complexity index is 1330. The van der Waals surface area contributed by atoms with Gasteiger partial charge in [0.2, 0.25) is 0 Å². The van der Waals surface area contributed by atoms with Crippen LogP contribution >= 0.6 is 0 Å². The van der Waals surface area contributed by atoms with Crippen LogP contribution in [0, 0.1) is 0 Å². The predicted molar refractivity (Wildman–Crippen MR) is 135 cm³/mol. The van der Waals surface area contributed by atoms with Gasteiger partial charge in [0.1, 0.15) is 5.84 Å². The number of rotatable bonds is 6. The molecule has 0 amide bonds. The van der Waals surface area contributed by atoms with Crippen LogP contribution in [-0.4, -0.2) is 36.0 Å². The normalized spacial score (nSPS) is 16.2. The van der Waals surface area contributed by atoms with Gasteiger partial charge >= 0.3 is 6.18 Å². The number of ketones is 1. The Balaban J connectivity index is 1.63. The van der Waals surface area contributed by atoms with Gasteiger partial charge in [-0.1, -0.05) is 85.5 Å². The molecule has 0 radical (unpaired) electrons. The zero-order valence-electron chi connectivity index (χ0n) is 19.4. The van der Waals surface area contributed by atoms with E-state index in [1.54, 1.807) is 6.07 Å². The third-order valence-corrected chi connectivity index (χ3v) is 6.00. The van der Waals surface area contributed by atoms with Crippen molar-refractivity contribution in [2.75, 3.05) is 13.1 Å². The van der Waals surface area contributed by atoms with Crippen LogP contribution in [0.25, 0.3) is 5.57 Å². The quantitative estimate of drug-likeness (QED) is 0.453. The molecule has 4 nitrogen and oxygen atoms in total. The molecule has 2 N–H and O–H groups in total. The first kappa shape index (κ1) is 25.1. The SMILES string of the molecule is C=C(c1ccccc1)c1cccc(C2=NC/C(=C/C(c3cccc(CO)c3)C(F)(F)F)C(=O)CN2)c1. The predicted octanol–water partition coefficient (Wildman–Crippen LogP) is 5.43. The summed E-state index contributed by atoms with van der Waals surface area (Å²) in [4.78, 5) is 17.2. The first-order valence-corrected chi connectivity index (χ1v) is 11.4. The fraction of sp³-hybridized carbons (Fsp3) is 0.172. The van der Waals surface area contributed by atoms with Crippen molar-refractivity contribution >= 4 is 17.2 Å². The number of aliphatic hydroxyl groups excluding tert-OH is 1. The number of aliphatic imine (C=N–C) groups is 1. The number of alkyl halides is 3. The van der Waals surface area contributed by atoms with Gasteiger partial charge in [0.25, 0.3) is 0 Å². The Hall–Kier alpha value is -3.97. The van der Waals surface area contributed by atoms with E-state index in [2.05, 4.69) is 16.9 Å². The van der Waals surface area contributed by atoms with E-state index in [4.69, 9.17) is 0 Å². The second kappa shape index (κ2) is 10.7. The van der Waals surface area contributed by atoms with Crippen molar-refractivity contribution in [1.29, 1.82) is 0 Å². The molecule has 4 rings (SSSR count). The van der Waals surface area contributed by atoms with E-state index >= 15 is 0 Å². The highest BCUT2D eigenvalue weighted by Crippen LogP contribution is 2.37. The van der Waals surface area contributed by atoms with Crippen molar-refractivity contribution < 1.29 is 23.1 Å². The van der Waals surface area contributed by atoms with Crippen LogP contribution in [0.3, 0.4) is 0 Å². The smallest absolute Gasteiger partial charge is 0.392 e. The lowest BCUT2D eigenvalue weighted by Gasteiger charge is -2.19. The van der Waals surface area contributed by atoms with Crippen molar-refractivity contribution in [2.45, 2.75) is 18.7 Å². The van der Waals surface area contributed by atoms with Crippen molar-refractivity contribution in [3.63, 3.8) is 0 Å². The van der Waals surface area contributed by atoms with Crippen molar-refractivity contribution in [3.05, 3.63) is 125 Å². The minimum absolute atomic E-state index is 0.0147. The Labute approximate surface area is 207 Å². The molecule has 0 fully saturated rings. The lowest BCUT2D eigenvalue weighted by molar-refractivity contribution is -0.139. The van der Waals surface area contributed by atoms with Crippen LogP contribution in [-0.2, 0) is 11.4 Å². The van der Waals surface area contributed by atoms with Gasteiger partial charge in [-0.25, -0.2) is 0 Å². The summed E-state index contributed by atoms with van der Waals surface area (Å²) in [6, 6.07) is 22.8. The van der Waals surface area contributed by atoms with Crippen molar-refractivity contribution in [2.24, 2.45) is 4.99 Å². The fourth-order valence-corrected chi connectivity index (χ4v) is 4.05. The topological polar surface area (TPSA) is 61.7 Å². The van der Waals surface area contributed by atoms with E-state index in [0.717, 1.165) is 22.8 Å². The Morgan fingerprint density at radius 2 is 1.75 bits per heavy atom. The van der Waals surface area contributed by atoms with Crippen LogP contribution in [0.15, 0.2) is 102 Å². The third kappa shape index (κ3) is 5.80. The number of nitrogens with one attached hydrogen (secondary N) is 1. The molecule has 184 valence electrons. The Morgan fingerprint density at radius 3 is 2.47 bits per heavy atom. The number of hydrogen-bond acceptors (Lipinski definition) is 4. The number of halogens is 3. The summed E-state index contributed by atoms with van der Waals surface area (Å²) in [6.45, 7) is 3.45. The molecule has 3 aromatic rings. The zero-order chi connectivity index (χ0) is 25.7. The summed E-state index contributed by atoms with van der Waals surface area (Å²) in [6.07, 6.45) is -3.67. The minimum atomic E-state index is -4.61. The van der Waals surface area contributed by atoms with E-state index in [-0.39, 0.29) is 30.8 Å². The Morgan fingerprint density at radius 1 is 1.03 bits per heavy atom. The summed E-state index contributed by atoms with van der Waals surface area (Å²) in [7, 11) is 0. The van der Waals surface area contributed by atoms with Crippen LogP contribution in [0.5, 0.6) is 0 Å². The van der Waals surface area contributed by atoms with E-state index in [1.807, 2.05) is 54.6 Å². The Kier molecular flexibility index (Phi) is 7.50. The summed E-state index contributed by atoms with van der Waals surface area (Å²) < 4.78 is 41.8. The number of nitrogens with zero attached hydrogens (tertiary/aromatic N) is 1. The minimum Gasteiger partial charge on any atom is -0.392 e. The number of Topliss-reactive ketones (excluding diaryl/α,β-unsaturated/α-hetero) is 1. The average molecular weight is 491 g/mol. The second-order valence-corrected chi connectivity index (χ2v) is 8.48. The van der Waals surface area contributed by atoms with E-state index < -0.39 is 17.9 Å². The lowest BCUT2D eigenvalue weighted by atomic mass is 9.93. The van der Waals surface area contributed by atoms with Crippen LogP contribution in [0.1, 0.15) is 33.7 Å². The molecule has 36 heavy (non-hydrogen) atoms. The van der Waals surface area contributed by atoms with Gasteiger partial charge in [-0.2, -0.15) is 13.2 Å². The average Bonchev–Trinajstić information content (AvgIpc) is 3.08. The molecule has 1 aliphatic heterocycles. The molecule has 1 unspecified atom stereocenters. The zero-order valence-corrected chi connectivity index (χ0v) is 19.4. The highest BCUT2D eigenvalue weighted by molar-refractivity contribution is 6.06. The lowest BCUT2D eigenvalue weighted by Crippen LogP contribution is -2.29. The number of hydrogen-bond donors (Lipinski definition) is 2. The van der Waals surface area contributed by atoms with E-state index in [9.17, 15) is 23.1 Å². The molecule has 1 atom stereocenters. The summed E-state index contributed by atoms with van der Waals surface area (Å²) in [5.74, 6) is -2.01. The summed E-state index contributed by atoms with van der Waals surface area (Å²) in [5, 5.41) is 12.3. The molecular weight excluding hydrogens is 465 g/mol. The largest absolute Gasteiger partial charge is 0.399 e. The van der Waals surface area contributed by atoms with Crippen LogP contribution < -0.4 is 5.32 Å². The number of carbonyl (C=O) groups excluding carboxylic acids is 1. The first-order chi connectivity index (χ1) is 17.3. The third-order valence-electron chi connectivity index (χ3n) is 6.00. The maximum atomic E-state index is 13.9.